The zero-order valence-electron chi connectivity index (χ0n) is 45.7. The quantitative estimate of drug-likeness (QED) is 0.00881. The van der Waals surface area contributed by atoms with Gasteiger partial charge in [0.15, 0.2) is 5.96 Å². The number of aliphatic hydroxyl groups excluding tert-OH is 1. The number of amides is 9. The largest absolute Gasteiger partial charge is 0.391 e. The number of carbonyl (C=O) groups excluding carboxylic acids is 9. The lowest BCUT2D eigenvalue weighted by atomic mass is 10.0. The van der Waals surface area contributed by atoms with Crippen LogP contribution in [0.15, 0.2) is 109 Å². The fourth-order valence-electron chi connectivity index (χ4n) is 8.64. The number of aliphatic hydroxyl groups is 1. The normalized spacial score (nSPS) is 14.3. The Balaban J connectivity index is 1.35. The average molecular weight is 1180 g/mol. The molecule has 0 aliphatic heterocycles. The zero-order chi connectivity index (χ0) is 60.4. The maximum Gasteiger partial charge on any atom is 0.244 e. The Morgan fingerprint density at radius 1 is 0.602 bits per heavy atom. The number of fused-ring (bicyclic) bond motifs is 1. The topological polar surface area (TPSA) is 431 Å². The molecule has 5 rings (SSSR count). The van der Waals surface area contributed by atoms with Gasteiger partial charge in [-0.3, -0.25) is 48.1 Å². The number of hydrogen-bond donors (Lipinski definition) is 17. The molecule has 0 unspecified atom stereocenters. The molecular formula is C55H74N16O10S2. The number of guanidine groups is 1. The number of nitrogens with zero attached hydrogens (tertiary/aromatic N) is 2. The van der Waals surface area contributed by atoms with E-state index >= 15 is 0 Å². The van der Waals surface area contributed by atoms with Crippen LogP contribution in [0.5, 0.6) is 0 Å². The average Bonchev–Trinajstić information content (AvgIpc) is 4.39. The smallest absolute Gasteiger partial charge is 0.244 e. The molecule has 3 aromatic carbocycles. The van der Waals surface area contributed by atoms with E-state index in [4.69, 9.17) is 22.9 Å². The summed E-state index contributed by atoms with van der Waals surface area (Å²) < 4.78 is 0. The van der Waals surface area contributed by atoms with Gasteiger partial charge in [0.1, 0.15) is 42.3 Å². The molecule has 2 heterocycles. The predicted molar refractivity (Wildman–Crippen MR) is 317 cm³/mol. The molecule has 0 saturated carbocycles. The molecule has 0 aliphatic carbocycles. The van der Waals surface area contributed by atoms with Crippen LogP contribution in [0.3, 0.4) is 0 Å². The third kappa shape index (κ3) is 21.4. The van der Waals surface area contributed by atoms with Crippen molar-refractivity contribution < 1.29 is 48.3 Å². The number of aromatic amines is 2. The highest BCUT2D eigenvalue weighted by Gasteiger charge is 2.34. The van der Waals surface area contributed by atoms with Gasteiger partial charge >= 0.3 is 0 Å². The van der Waals surface area contributed by atoms with Crippen LogP contribution in [0.25, 0.3) is 10.9 Å². The van der Waals surface area contributed by atoms with Crippen LogP contribution in [-0.2, 0) is 68.8 Å². The van der Waals surface area contributed by atoms with Gasteiger partial charge in [-0.15, -0.1) is 0 Å². The standard InChI is InChI=1S/C55H74N16O10S2/c1-31(72)46(47(57)74)71-54(81)43(28-82)65-45(73)19-11-20-61-49(76)41(24-34-26-63-38-17-9-8-16-36(34)38)68-50(77)39(18-10-21-62-55(58)59)66-51(78)40(23-33-14-6-3-7-15-33)67-52(79)42(25-35-27-60-30-64-35)69-53(80)44(29-83)70-48(75)37(56)22-32-12-4-2-5-13-32/h2-9,12-17,26-27,30-31,37,39-44,46,63,72,82-83H,10-11,18-25,28-29,56H2,1H3,(H2,57,74)(H,60,64)(H,61,76)(H,65,73)(H,66,78)(H,67,79)(H,68,77)(H,69,80)(H,70,75)(H,71,81)(H4,58,59,62)/t31-,37-,39+,40-,41+,42+,43-,44+,46+/m1/s1. The second-order valence-electron chi connectivity index (χ2n) is 19.6. The van der Waals surface area contributed by atoms with Crippen LogP contribution in [0.1, 0.15) is 55.0 Å². The Morgan fingerprint density at radius 3 is 1.72 bits per heavy atom. The fraction of sp³-hybridized carbons (Fsp3) is 0.400. The van der Waals surface area contributed by atoms with E-state index in [1.807, 2.05) is 54.6 Å². The summed E-state index contributed by atoms with van der Waals surface area (Å²) in [5.74, 6) is -7.36. The van der Waals surface area contributed by atoms with Crippen LogP contribution < -0.4 is 65.5 Å². The number of nitrogens with two attached hydrogens (primary N) is 4. The van der Waals surface area contributed by atoms with E-state index in [-0.39, 0.29) is 81.9 Å². The summed E-state index contributed by atoms with van der Waals surface area (Å²) in [5.41, 5.74) is 26.0. The van der Waals surface area contributed by atoms with Gasteiger partial charge in [-0.25, -0.2) is 4.98 Å². The summed E-state index contributed by atoms with van der Waals surface area (Å²) in [5, 5.41) is 31.9. The third-order valence-corrected chi connectivity index (χ3v) is 13.8. The lowest BCUT2D eigenvalue weighted by Gasteiger charge is -2.27. The molecule has 28 heteroatoms. The Morgan fingerprint density at radius 2 is 1.13 bits per heavy atom. The molecule has 0 saturated heterocycles. The molecule has 446 valence electrons. The number of H-pyrrole nitrogens is 2. The minimum Gasteiger partial charge on any atom is -0.391 e. The van der Waals surface area contributed by atoms with Gasteiger partial charge in [-0.05, 0) is 55.4 Å². The molecule has 9 atom stereocenters. The van der Waals surface area contributed by atoms with Crippen molar-refractivity contribution in [1.29, 1.82) is 0 Å². The Kier molecular flexibility index (Phi) is 26.3. The van der Waals surface area contributed by atoms with E-state index in [1.54, 1.807) is 36.5 Å². The van der Waals surface area contributed by atoms with Crippen LogP contribution in [0.4, 0.5) is 0 Å². The van der Waals surface area contributed by atoms with Crippen molar-refractivity contribution in [2.24, 2.45) is 27.9 Å². The number of nitrogens with one attached hydrogen (secondary N) is 10. The van der Waals surface area contributed by atoms with E-state index in [0.29, 0.717) is 16.8 Å². The van der Waals surface area contributed by atoms with Gasteiger partial charge in [0.05, 0.1) is 18.5 Å². The minimum atomic E-state index is -1.41. The van der Waals surface area contributed by atoms with Crippen molar-refractivity contribution in [3.8, 4) is 0 Å². The highest BCUT2D eigenvalue weighted by molar-refractivity contribution is 7.80. The van der Waals surface area contributed by atoms with E-state index in [1.165, 1.54) is 19.4 Å². The molecule has 2 aromatic heterocycles. The van der Waals surface area contributed by atoms with Gasteiger partial charge < -0.3 is 80.5 Å². The number of benzene rings is 3. The van der Waals surface area contributed by atoms with Crippen molar-refractivity contribution in [2.75, 3.05) is 24.6 Å². The van der Waals surface area contributed by atoms with Crippen molar-refractivity contribution in [2.45, 2.75) is 113 Å². The van der Waals surface area contributed by atoms with Gasteiger partial charge in [0.25, 0.3) is 0 Å². The Labute approximate surface area is 490 Å². The lowest BCUT2D eigenvalue weighted by molar-refractivity contribution is -0.135. The number of imidazole rings is 1. The number of aliphatic imine (C=N–C) groups is 1. The minimum absolute atomic E-state index is 0.0391. The van der Waals surface area contributed by atoms with Crippen molar-refractivity contribution in [1.82, 2.24) is 57.5 Å². The zero-order valence-corrected chi connectivity index (χ0v) is 47.5. The number of thiol groups is 2. The van der Waals surface area contributed by atoms with Gasteiger partial charge in [-0.1, -0.05) is 78.9 Å². The van der Waals surface area contributed by atoms with E-state index in [2.05, 4.69) is 87.7 Å². The molecule has 83 heavy (non-hydrogen) atoms. The lowest BCUT2D eigenvalue weighted by Crippen LogP contribution is -2.60. The van der Waals surface area contributed by atoms with E-state index < -0.39 is 108 Å². The first-order chi connectivity index (χ1) is 39.8. The molecule has 5 aromatic rings. The first-order valence-corrected chi connectivity index (χ1v) is 28.0. The highest BCUT2D eigenvalue weighted by atomic mass is 32.1. The summed E-state index contributed by atoms with van der Waals surface area (Å²) in [6.45, 7) is 1.25. The van der Waals surface area contributed by atoms with Gasteiger partial charge in [0, 0.05) is 79.3 Å². The van der Waals surface area contributed by atoms with Crippen LogP contribution in [-0.4, -0.2) is 158 Å². The molecule has 0 spiro atoms. The molecule has 0 fully saturated rings. The number of para-hydroxylation sites is 1. The van der Waals surface area contributed by atoms with Gasteiger partial charge in [-0.2, -0.15) is 25.3 Å². The Bertz CT molecular complexity index is 2980. The number of rotatable bonds is 34. The predicted octanol–water partition coefficient (Wildman–Crippen LogP) is -2.44. The summed E-state index contributed by atoms with van der Waals surface area (Å²) in [7, 11) is 0. The maximum atomic E-state index is 14.7. The maximum absolute atomic E-state index is 14.7. The van der Waals surface area contributed by atoms with Gasteiger partial charge in [0.2, 0.25) is 53.2 Å². The van der Waals surface area contributed by atoms with Crippen molar-refractivity contribution in [3.05, 3.63) is 126 Å². The molecule has 19 N–H and O–H groups in total. The fourth-order valence-corrected chi connectivity index (χ4v) is 9.15. The first kappa shape index (κ1) is 65.3. The second kappa shape index (κ2) is 33.5. The number of carbonyl (C=O) groups is 9. The number of primary amides is 1. The summed E-state index contributed by atoms with van der Waals surface area (Å²) >= 11 is 8.44. The van der Waals surface area contributed by atoms with Crippen LogP contribution in [0.2, 0.25) is 0 Å². The molecule has 0 radical (unpaired) electrons. The summed E-state index contributed by atoms with van der Waals surface area (Å²) in [4.78, 5) is 137. The first-order valence-electron chi connectivity index (χ1n) is 26.8. The number of aromatic nitrogens is 3. The van der Waals surface area contributed by atoms with E-state index in [0.717, 1.165) is 16.5 Å². The van der Waals surface area contributed by atoms with Crippen LogP contribution >= 0.6 is 25.3 Å². The van der Waals surface area contributed by atoms with Crippen molar-refractivity contribution >= 4 is 95.3 Å². The Hall–Kier alpha value is -8.47. The van der Waals surface area contributed by atoms with E-state index in [9.17, 15) is 48.3 Å². The molecule has 26 nitrogen and oxygen atoms in total. The second-order valence-corrected chi connectivity index (χ2v) is 20.3. The molecule has 0 bridgehead atoms. The SMILES string of the molecule is C[C@@H](O)[C@H](NC(=O)[C@@H](CS)NC(=O)CCCNC(=O)[C@H](Cc1c[nH]c2ccccc12)NC(=O)[C@H](CCCN=C(N)N)NC(=O)[C@@H](Cc1ccccc1)NC(=O)[C@H](Cc1cnc[nH]1)NC(=O)[C@H](CS)NC(=O)[C@H](N)Cc1ccccc1)C(N)=O. The van der Waals surface area contributed by atoms with Crippen LogP contribution in [0, 0.1) is 0 Å². The number of hydrogen-bond acceptors (Lipinski definition) is 15. The summed E-state index contributed by atoms with van der Waals surface area (Å²) in [6.07, 6.45) is 3.15. The molecular weight excluding hydrogens is 1110 g/mol. The monoisotopic (exact) mass is 1180 g/mol. The van der Waals surface area contributed by atoms with Crippen molar-refractivity contribution in [3.63, 3.8) is 0 Å². The third-order valence-electron chi connectivity index (χ3n) is 13.1. The highest BCUT2D eigenvalue weighted by Crippen LogP contribution is 2.20. The molecule has 9 amide bonds. The summed E-state index contributed by atoms with van der Waals surface area (Å²) in [6, 6.07) is 14.9. The molecule has 0 aliphatic rings.